The topological polar surface area (TPSA) is 63.3 Å². The van der Waals surface area contributed by atoms with Gasteiger partial charge < -0.3 is 14.2 Å². The molecule has 0 aliphatic rings. The van der Waals surface area contributed by atoms with Crippen LogP contribution >= 0.6 is 7.29 Å². The van der Waals surface area contributed by atoms with Gasteiger partial charge in [-0.3, -0.25) is 5.50 Å². The Kier molecular flexibility index (Phi) is 3.91. The molecule has 0 radical (unpaired) electrons. The van der Waals surface area contributed by atoms with Crippen molar-refractivity contribution in [3.63, 3.8) is 0 Å². The SMILES string of the molecule is CCP(N)(=O)C(O)C[N+](C)(C)C. The van der Waals surface area contributed by atoms with Crippen LogP contribution in [0, 0.1) is 0 Å². The standard InChI is InChI=1S/C7H20N2O2P/c1-5-12(8,11)7(10)6-9(2,3)4/h7,10H,5-6H2,1-4H3,(H2,8,11)/q+1. The molecule has 5 heteroatoms. The van der Waals surface area contributed by atoms with Crippen LogP contribution in [0.5, 0.6) is 0 Å². The van der Waals surface area contributed by atoms with E-state index >= 15 is 0 Å². The number of hydrogen-bond acceptors (Lipinski definition) is 2. The summed E-state index contributed by atoms with van der Waals surface area (Å²) in [5.74, 6) is -0.873. The Morgan fingerprint density at radius 3 is 2.17 bits per heavy atom. The molecule has 0 rings (SSSR count). The highest BCUT2D eigenvalue weighted by Gasteiger charge is 2.29. The summed E-state index contributed by atoms with van der Waals surface area (Å²) in [4.78, 5) is 0. The fraction of sp³-hybridized carbons (Fsp3) is 1.00. The lowest BCUT2D eigenvalue weighted by atomic mass is 10.5. The zero-order chi connectivity index (χ0) is 9.99. The van der Waals surface area contributed by atoms with Crippen LogP contribution in [0.15, 0.2) is 0 Å². The van der Waals surface area contributed by atoms with Crippen LogP contribution in [0.1, 0.15) is 6.92 Å². The van der Waals surface area contributed by atoms with Crippen LogP contribution < -0.4 is 5.50 Å². The third-order valence-corrected chi connectivity index (χ3v) is 3.87. The fourth-order valence-electron chi connectivity index (χ4n) is 0.839. The van der Waals surface area contributed by atoms with Gasteiger partial charge in [0, 0.05) is 6.16 Å². The Hall–Kier alpha value is 0.110. The van der Waals surface area contributed by atoms with Gasteiger partial charge in [-0.05, 0) is 0 Å². The first kappa shape index (κ1) is 12.1. The average molecular weight is 195 g/mol. The van der Waals surface area contributed by atoms with E-state index in [1.807, 2.05) is 21.1 Å². The molecule has 0 aliphatic heterocycles. The number of aliphatic hydroxyl groups excluding tert-OH is 1. The van der Waals surface area contributed by atoms with E-state index in [9.17, 15) is 9.67 Å². The molecule has 0 aliphatic carbocycles. The zero-order valence-corrected chi connectivity index (χ0v) is 9.21. The first-order valence-electron chi connectivity index (χ1n) is 4.05. The zero-order valence-electron chi connectivity index (χ0n) is 8.32. The second-order valence-electron chi connectivity index (χ2n) is 4.12. The van der Waals surface area contributed by atoms with Crippen molar-refractivity contribution in [2.75, 3.05) is 33.8 Å². The summed E-state index contributed by atoms with van der Waals surface area (Å²) in [6.45, 7) is 2.17. The molecule has 74 valence electrons. The van der Waals surface area contributed by atoms with E-state index < -0.39 is 13.1 Å². The molecular formula is C7H20N2O2P+. The van der Waals surface area contributed by atoms with Gasteiger partial charge in [-0.25, -0.2) is 0 Å². The van der Waals surface area contributed by atoms with Crippen molar-refractivity contribution in [2.45, 2.75) is 12.8 Å². The van der Waals surface area contributed by atoms with Crippen molar-refractivity contribution in [1.82, 2.24) is 0 Å². The third-order valence-electron chi connectivity index (χ3n) is 1.71. The van der Waals surface area contributed by atoms with Gasteiger partial charge >= 0.3 is 0 Å². The smallest absolute Gasteiger partial charge is 0.178 e. The Balaban J connectivity index is 4.23. The highest BCUT2D eigenvalue weighted by Crippen LogP contribution is 2.40. The summed E-state index contributed by atoms with van der Waals surface area (Å²) in [7, 11) is 2.97. The Labute approximate surface area is 74.4 Å². The van der Waals surface area contributed by atoms with Crippen molar-refractivity contribution in [2.24, 2.45) is 5.50 Å². The van der Waals surface area contributed by atoms with Crippen molar-refractivity contribution in [3.8, 4) is 0 Å². The van der Waals surface area contributed by atoms with Gasteiger partial charge in [0.15, 0.2) is 13.1 Å². The van der Waals surface area contributed by atoms with Gasteiger partial charge in [-0.1, -0.05) is 6.92 Å². The maximum absolute atomic E-state index is 11.5. The minimum atomic E-state index is -2.82. The highest BCUT2D eigenvalue weighted by atomic mass is 31.2. The van der Waals surface area contributed by atoms with Crippen molar-refractivity contribution < 1.29 is 14.2 Å². The molecule has 0 saturated carbocycles. The van der Waals surface area contributed by atoms with Gasteiger partial charge in [0.1, 0.15) is 6.54 Å². The Morgan fingerprint density at radius 2 is 1.92 bits per heavy atom. The van der Waals surface area contributed by atoms with Gasteiger partial charge in [0.05, 0.1) is 21.1 Å². The summed E-state index contributed by atoms with van der Waals surface area (Å²) >= 11 is 0. The molecule has 4 nitrogen and oxygen atoms in total. The van der Waals surface area contributed by atoms with Crippen LogP contribution in [0.2, 0.25) is 0 Å². The summed E-state index contributed by atoms with van der Waals surface area (Å²) in [5.41, 5.74) is 5.46. The first-order valence-corrected chi connectivity index (χ1v) is 6.08. The fourth-order valence-corrected chi connectivity index (χ4v) is 2.03. The van der Waals surface area contributed by atoms with E-state index in [2.05, 4.69) is 0 Å². The summed E-state index contributed by atoms with van der Waals surface area (Å²) in [6, 6.07) is 0. The number of rotatable bonds is 4. The maximum Gasteiger partial charge on any atom is 0.178 e. The largest absolute Gasteiger partial charge is 0.379 e. The number of aliphatic hydroxyl groups is 1. The molecule has 3 N–H and O–H groups in total. The number of nitrogens with zero attached hydrogens (tertiary/aromatic N) is 1. The quantitative estimate of drug-likeness (QED) is 0.500. The van der Waals surface area contributed by atoms with Crippen LogP contribution in [0.4, 0.5) is 0 Å². The lowest BCUT2D eigenvalue weighted by Crippen LogP contribution is -2.42. The molecule has 12 heavy (non-hydrogen) atoms. The van der Waals surface area contributed by atoms with E-state index in [-0.39, 0.29) is 0 Å². The number of likely N-dealkylation sites (N-methyl/N-ethyl adjacent to an activating group) is 1. The number of quaternary nitrogens is 1. The molecule has 0 spiro atoms. The second kappa shape index (κ2) is 3.88. The third kappa shape index (κ3) is 4.21. The van der Waals surface area contributed by atoms with E-state index in [1.165, 1.54) is 0 Å². The molecule has 0 bridgehead atoms. The van der Waals surface area contributed by atoms with Gasteiger partial charge in [-0.2, -0.15) is 0 Å². The second-order valence-corrected chi connectivity index (χ2v) is 7.06. The Bertz CT molecular complexity index is 188. The molecule has 0 heterocycles. The lowest BCUT2D eigenvalue weighted by molar-refractivity contribution is -0.872. The van der Waals surface area contributed by atoms with Crippen molar-refractivity contribution in [3.05, 3.63) is 0 Å². The Morgan fingerprint density at radius 1 is 1.50 bits per heavy atom. The molecule has 2 unspecified atom stereocenters. The summed E-state index contributed by atoms with van der Waals surface area (Å²) in [5, 5.41) is 9.51. The monoisotopic (exact) mass is 195 g/mol. The minimum Gasteiger partial charge on any atom is -0.379 e. The van der Waals surface area contributed by atoms with Gasteiger partial charge in [0.2, 0.25) is 0 Å². The van der Waals surface area contributed by atoms with Gasteiger partial charge in [-0.15, -0.1) is 0 Å². The predicted octanol–water partition coefficient (Wildman–Crippen LogP) is 0.268. The molecule has 0 aromatic carbocycles. The molecule has 2 atom stereocenters. The number of hydrogen-bond donors (Lipinski definition) is 2. The van der Waals surface area contributed by atoms with Crippen LogP contribution in [-0.4, -0.2) is 49.3 Å². The van der Waals surface area contributed by atoms with E-state index in [0.717, 1.165) is 0 Å². The van der Waals surface area contributed by atoms with Crippen LogP contribution in [-0.2, 0) is 4.57 Å². The summed E-state index contributed by atoms with van der Waals surface area (Å²) in [6.07, 6.45) is 0.355. The predicted molar refractivity (Wildman–Crippen MR) is 51.2 cm³/mol. The van der Waals surface area contributed by atoms with Crippen molar-refractivity contribution >= 4 is 7.29 Å². The molecule has 0 aromatic rings. The maximum atomic E-state index is 11.5. The number of nitrogens with two attached hydrogens (primary N) is 1. The normalized spacial score (nSPS) is 20.2. The molecular weight excluding hydrogens is 175 g/mol. The average Bonchev–Trinajstić information content (AvgIpc) is 1.84. The first-order chi connectivity index (χ1) is 5.19. The minimum absolute atomic E-state index is 0.355. The van der Waals surface area contributed by atoms with Gasteiger partial charge in [0.25, 0.3) is 0 Å². The lowest BCUT2D eigenvalue weighted by Gasteiger charge is -2.28. The van der Waals surface area contributed by atoms with E-state index in [4.69, 9.17) is 5.50 Å². The molecule has 0 aromatic heterocycles. The molecule has 0 saturated heterocycles. The molecule has 0 amide bonds. The van der Waals surface area contributed by atoms with Crippen molar-refractivity contribution in [1.29, 1.82) is 0 Å². The van der Waals surface area contributed by atoms with E-state index in [0.29, 0.717) is 17.2 Å². The van der Waals surface area contributed by atoms with E-state index in [1.54, 1.807) is 6.92 Å². The summed E-state index contributed by atoms with van der Waals surface area (Å²) < 4.78 is 12.0. The van der Waals surface area contributed by atoms with Crippen LogP contribution in [0.3, 0.4) is 0 Å². The highest BCUT2D eigenvalue weighted by molar-refractivity contribution is 7.62. The molecule has 0 fully saturated rings. The van der Waals surface area contributed by atoms with Crippen LogP contribution in [0.25, 0.3) is 0 Å².